The Labute approximate surface area is 196 Å². The third-order valence-electron chi connectivity index (χ3n) is 6.44. The first kappa shape index (κ1) is 21.9. The first-order valence-electron chi connectivity index (χ1n) is 11.5. The van der Waals surface area contributed by atoms with Crippen LogP contribution in [0.4, 0.5) is 0 Å². The van der Waals surface area contributed by atoms with E-state index >= 15 is 0 Å². The molecule has 1 N–H and O–H groups in total. The maximum absolute atomic E-state index is 13.0. The summed E-state index contributed by atoms with van der Waals surface area (Å²) in [6, 6.07) is 27.5. The molecule has 1 fully saturated rings. The van der Waals surface area contributed by atoms with Crippen LogP contribution in [-0.2, 0) is 11.3 Å². The third-order valence-corrected chi connectivity index (χ3v) is 6.44. The number of H-pyrrole nitrogens is 1. The van der Waals surface area contributed by atoms with Crippen molar-refractivity contribution < 1.29 is 4.79 Å². The van der Waals surface area contributed by atoms with E-state index < -0.39 is 0 Å². The van der Waals surface area contributed by atoms with E-state index in [4.69, 9.17) is 0 Å². The van der Waals surface area contributed by atoms with Gasteiger partial charge in [0.1, 0.15) is 6.54 Å². The SMILES string of the molecule is O=C(Cn1[nH]c(=O)c2ccccc2c1=O)N1CCN(C(c2ccccc2)c2ccccc2)CC1. The zero-order valence-electron chi connectivity index (χ0n) is 18.8. The molecule has 7 nitrogen and oxygen atoms in total. The molecule has 1 saturated heterocycles. The molecule has 0 unspecified atom stereocenters. The minimum atomic E-state index is -0.374. The number of rotatable bonds is 5. The molecule has 0 spiro atoms. The lowest BCUT2D eigenvalue weighted by atomic mass is 9.96. The summed E-state index contributed by atoms with van der Waals surface area (Å²) < 4.78 is 1.12. The monoisotopic (exact) mass is 454 g/mol. The summed E-state index contributed by atoms with van der Waals surface area (Å²) in [6.45, 7) is 2.36. The molecule has 1 aromatic heterocycles. The van der Waals surface area contributed by atoms with Gasteiger partial charge in [0.15, 0.2) is 0 Å². The number of fused-ring (bicyclic) bond motifs is 1. The van der Waals surface area contributed by atoms with Crippen LogP contribution in [0.5, 0.6) is 0 Å². The van der Waals surface area contributed by atoms with Crippen molar-refractivity contribution in [2.45, 2.75) is 12.6 Å². The second kappa shape index (κ2) is 9.49. The van der Waals surface area contributed by atoms with Crippen LogP contribution in [0.3, 0.4) is 0 Å². The number of nitrogens with one attached hydrogen (secondary N) is 1. The van der Waals surface area contributed by atoms with Gasteiger partial charge in [0.05, 0.1) is 16.8 Å². The zero-order valence-corrected chi connectivity index (χ0v) is 18.8. The first-order valence-corrected chi connectivity index (χ1v) is 11.5. The third kappa shape index (κ3) is 4.30. The summed E-state index contributed by atoms with van der Waals surface area (Å²) in [5, 5.41) is 3.20. The largest absolute Gasteiger partial charge is 0.339 e. The highest BCUT2D eigenvalue weighted by Crippen LogP contribution is 2.29. The van der Waals surface area contributed by atoms with Crippen LogP contribution in [0, 0.1) is 0 Å². The van der Waals surface area contributed by atoms with Crippen molar-refractivity contribution in [3.63, 3.8) is 0 Å². The second-order valence-corrected chi connectivity index (χ2v) is 8.52. The Hall–Kier alpha value is -3.97. The van der Waals surface area contributed by atoms with Gasteiger partial charge in [0.2, 0.25) is 5.91 Å². The highest BCUT2D eigenvalue weighted by Gasteiger charge is 2.28. The molecule has 3 aromatic carbocycles. The van der Waals surface area contributed by atoms with Crippen molar-refractivity contribution in [3.05, 3.63) is 117 Å². The van der Waals surface area contributed by atoms with E-state index in [1.807, 2.05) is 36.4 Å². The van der Waals surface area contributed by atoms with E-state index in [-0.39, 0.29) is 29.6 Å². The molecular weight excluding hydrogens is 428 g/mol. The molecule has 4 aromatic rings. The van der Waals surface area contributed by atoms with E-state index in [9.17, 15) is 14.4 Å². The number of hydrogen-bond acceptors (Lipinski definition) is 4. The number of aromatic amines is 1. The molecule has 7 heteroatoms. The molecule has 0 radical (unpaired) electrons. The zero-order chi connectivity index (χ0) is 23.5. The van der Waals surface area contributed by atoms with Gasteiger partial charge in [-0.2, -0.15) is 0 Å². The van der Waals surface area contributed by atoms with Crippen LogP contribution in [0.25, 0.3) is 10.8 Å². The Bertz CT molecular complexity index is 1370. The number of piperazine rings is 1. The van der Waals surface area contributed by atoms with Gasteiger partial charge in [-0.3, -0.25) is 24.4 Å². The standard InChI is InChI=1S/C27H26N4O3/c32-24(19-31-27(34)23-14-8-7-13-22(23)26(33)28-31)29-15-17-30(18-16-29)25(20-9-3-1-4-10-20)21-11-5-2-6-12-21/h1-14,25H,15-19H2,(H,28,33). The lowest BCUT2D eigenvalue weighted by Gasteiger charge is -2.39. The molecule has 5 rings (SSSR count). The Balaban J connectivity index is 1.32. The van der Waals surface area contributed by atoms with Crippen LogP contribution < -0.4 is 11.1 Å². The quantitative estimate of drug-likeness (QED) is 0.503. The fourth-order valence-electron chi connectivity index (χ4n) is 4.71. The van der Waals surface area contributed by atoms with E-state index in [1.54, 1.807) is 29.2 Å². The molecule has 34 heavy (non-hydrogen) atoms. The second-order valence-electron chi connectivity index (χ2n) is 8.52. The molecule has 172 valence electrons. The minimum Gasteiger partial charge on any atom is -0.339 e. The van der Waals surface area contributed by atoms with E-state index in [0.717, 1.165) is 4.68 Å². The Morgan fingerprint density at radius 2 is 1.26 bits per heavy atom. The molecule has 1 amide bonds. The predicted molar refractivity (Wildman–Crippen MR) is 132 cm³/mol. The van der Waals surface area contributed by atoms with E-state index in [1.165, 1.54) is 11.1 Å². The summed E-state index contributed by atoms with van der Waals surface area (Å²) in [7, 11) is 0. The van der Waals surface area contributed by atoms with Gasteiger partial charge in [-0.25, -0.2) is 4.68 Å². The fraction of sp³-hybridized carbons (Fsp3) is 0.222. The van der Waals surface area contributed by atoms with Crippen molar-refractivity contribution in [2.24, 2.45) is 0 Å². The highest BCUT2D eigenvalue weighted by molar-refractivity contribution is 5.81. The van der Waals surface area contributed by atoms with Crippen molar-refractivity contribution >= 4 is 16.7 Å². The van der Waals surface area contributed by atoms with Crippen molar-refractivity contribution in [1.29, 1.82) is 0 Å². The average Bonchev–Trinajstić information content (AvgIpc) is 2.89. The topological polar surface area (TPSA) is 78.4 Å². The smallest absolute Gasteiger partial charge is 0.273 e. The summed E-state index contributed by atoms with van der Waals surface area (Å²) in [4.78, 5) is 42.3. The minimum absolute atomic E-state index is 0.110. The van der Waals surface area contributed by atoms with Gasteiger partial charge in [0.25, 0.3) is 11.1 Å². The van der Waals surface area contributed by atoms with Crippen LogP contribution in [0.2, 0.25) is 0 Å². The Morgan fingerprint density at radius 1 is 0.735 bits per heavy atom. The van der Waals surface area contributed by atoms with E-state index in [0.29, 0.717) is 37.0 Å². The van der Waals surface area contributed by atoms with Gasteiger partial charge in [-0.1, -0.05) is 72.8 Å². The van der Waals surface area contributed by atoms with Gasteiger partial charge >= 0.3 is 0 Å². The molecular formula is C27H26N4O3. The normalized spacial score (nSPS) is 14.6. The predicted octanol–water partition coefficient (Wildman–Crippen LogP) is 2.62. The summed E-state index contributed by atoms with van der Waals surface area (Å²) in [6.07, 6.45) is 0. The highest BCUT2D eigenvalue weighted by atomic mass is 16.2. The summed E-state index contributed by atoms with van der Waals surface area (Å²) >= 11 is 0. The average molecular weight is 455 g/mol. The summed E-state index contributed by atoms with van der Waals surface area (Å²) in [5.41, 5.74) is 1.69. The van der Waals surface area contributed by atoms with Crippen molar-refractivity contribution in [1.82, 2.24) is 19.6 Å². The maximum Gasteiger partial charge on any atom is 0.273 e. The maximum atomic E-state index is 13.0. The lowest BCUT2D eigenvalue weighted by molar-refractivity contribution is -0.134. The molecule has 1 aliphatic rings. The van der Waals surface area contributed by atoms with Crippen LogP contribution in [0.15, 0.2) is 94.5 Å². The van der Waals surface area contributed by atoms with Gasteiger partial charge in [0, 0.05) is 26.2 Å². The van der Waals surface area contributed by atoms with Crippen molar-refractivity contribution in [3.8, 4) is 0 Å². The lowest BCUT2D eigenvalue weighted by Crippen LogP contribution is -2.51. The number of benzene rings is 3. The number of aromatic nitrogens is 2. The van der Waals surface area contributed by atoms with Gasteiger partial charge < -0.3 is 4.90 Å². The number of hydrogen-bond donors (Lipinski definition) is 1. The van der Waals surface area contributed by atoms with Crippen molar-refractivity contribution in [2.75, 3.05) is 26.2 Å². The van der Waals surface area contributed by atoms with Gasteiger partial charge in [-0.15, -0.1) is 0 Å². The number of carbonyl (C=O) groups excluding carboxylic acids is 1. The number of nitrogens with zero attached hydrogens (tertiary/aromatic N) is 3. The fourth-order valence-corrected chi connectivity index (χ4v) is 4.71. The molecule has 1 aliphatic heterocycles. The van der Waals surface area contributed by atoms with Crippen LogP contribution in [-0.4, -0.2) is 51.7 Å². The molecule has 0 atom stereocenters. The first-order chi connectivity index (χ1) is 16.6. The molecule has 0 aliphatic carbocycles. The Kier molecular flexibility index (Phi) is 6.10. The van der Waals surface area contributed by atoms with E-state index in [2.05, 4.69) is 34.3 Å². The van der Waals surface area contributed by atoms with Crippen LogP contribution in [0.1, 0.15) is 17.2 Å². The number of amides is 1. The van der Waals surface area contributed by atoms with Gasteiger partial charge in [-0.05, 0) is 23.3 Å². The Morgan fingerprint density at radius 3 is 1.85 bits per heavy atom. The summed E-state index contributed by atoms with van der Waals surface area (Å²) in [5.74, 6) is -0.177. The van der Waals surface area contributed by atoms with Crippen LogP contribution >= 0.6 is 0 Å². The number of carbonyl (C=O) groups is 1. The molecule has 0 saturated carbocycles. The molecule has 2 heterocycles. The molecule has 0 bridgehead atoms.